The van der Waals surface area contributed by atoms with Gasteiger partial charge in [0.2, 0.25) is 0 Å². The molecule has 0 radical (unpaired) electrons. The van der Waals surface area contributed by atoms with Crippen molar-refractivity contribution in [2.75, 3.05) is 12.3 Å². The molecule has 0 bridgehead atoms. The highest BCUT2D eigenvalue weighted by molar-refractivity contribution is 7.94. The topological polar surface area (TPSA) is 85.1 Å². The van der Waals surface area contributed by atoms with Gasteiger partial charge in [0.05, 0.1) is 22.3 Å². The van der Waals surface area contributed by atoms with E-state index in [2.05, 4.69) is 10.5 Å². The molecule has 2 aromatic rings. The molecular weight excluding hydrogens is 288 g/mol. The van der Waals surface area contributed by atoms with Gasteiger partial charge in [0.15, 0.2) is 0 Å². The number of aryl methyl sites for hydroxylation is 1. The second-order valence-electron chi connectivity index (χ2n) is 4.64. The number of hydrogen-bond donors (Lipinski definition) is 1. The van der Waals surface area contributed by atoms with Crippen LogP contribution in [0.2, 0.25) is 0 Å². The SMILES string of the molecule is Cc1cccc(Oc2ccc([N-]S(=O)(=O)CC[NH3+])cc2)c1. The molecule has 0 saturated heterocycles. The van der Waals surface area contributed by atoms with Gasteiger partial charge in [-0.3, -0.25) is 0 Å². The maximum absolute atomic E-state index is 11.6. The second kappa shape index (κ2) is 6.60. The number of rotatable bonds is 6. The molecule has 0 aromatic heterocycles. The van der Waals surface area contributed by atoms with Gasteiger partial charge in [-0.2, -0.15) is 0 Å². The van der Waals surface area contributed by atoms with Gasteiger partial charge in [0, 0.05) is 0 Å². The smallest absolute Gasteiger partial charge is 0.127 e. The van der Waals surface area contributed by atoms with Crippen LogP contribution in [0.15, 0.2) is 48.5 Å². The van der Waals surface area contributed by atoms with Crippen molar-refractivity contribution < 1.29 is 18.9 Å². The predicted octanol–water partition coefficient (Wildman–Crippen LogP) is 2.36. The van der Waals surface area contributed by atoms with Crippen molar-refractivity contribution in [3.05, 3.63) is 58.8 Å². The Morgan fingerprint density at radius 2 is 1.81 bits per heavy atom. The van der Waals surface area contributed by atoms with Crippen LogP contribution in [-0.4, -0.2) is 20.7 Å². The molecule has 0 saturated carbocycles. The van der Waals surface area contributed by atoms with Gasteiger partial charge in [-0.25, -0.2) is 8.42 Å². The predicted molar refractivity (Wildman–Crippen MR) is 82.3 cm³/mol. The number of benzene rings is 2. The van der Waals surface area contributed by atoms with Gasteiger partial charge in [0.25, 0.3) is 0 Å². The summed E-state index contributed by atoms with van der Waals surface area (Å²) in [6.45, 7) is 2.29. The quantitative estimate of drug-likeness (QED) is 0.889. The van der Waals surface area contributed by atoms with E-state index in [0.29, 0.717) is 18.0 Å². The van der Waals surface area contributed by atoms with Crippen molar-refractivity contribution in [3.63, 3.8) is 0 Å². The minimum absolute atomic E-state index is 0.0471. The summed E-state index contributed by atoms with van der Waals surface area (Å²) >= 11 is 0. The molecule has 21 heavy (non-hydrogen) atoms. The Hall–Kier alpha value is -2.05. The van der Waals surface area contributed by atoms with Crippen LogP contribution in [0.1, 0.15) is 5.56 Å². The van der Waals surface area contributed by atoms with E-state index in [4.69, 9.17) is 4.74 Å². The molecule has 5 nitrogen and oxygen atoms in total. The van der Waals surface area contributed by atoms with Crippen molar-refractivity contribution in [2.24, 2.45) is 0 Å². The molecule has 0 aliphatic heterocycles. The van der Waals surface area contributed by atoms with Crippen molar-refractivity contribution in [1.82, 2.24) is 0 Å². The Balaban J connectivity index is 2.05. The molecular formula is C15H18N2O3S. The molecule has 0 spiro atoms. The van der Waals surface area contributed by atoms with E-state index >= 15 is 0 Å². The fourth-order valence-electron chi connectivity index (χ4n) is 1.78. The Bertz CT molecular complexity index is 697. The van der Waals surface area contributed by atoms with Gasteiger partial charge in [-0.05, 0) is 36.8 Å². The van der Waals surface area contributed by atoms with Crippen LogP contribution in [0.5, 0.6) is 11.5 Å². The van der Waals surface area contributed by atoms with E-state index in [1.165, 1.54) is 0 Å². The first-order valence-corrected chi connectivity index (χ1v) is 8.19. The number of nitrogens with zero attached hydrogens (tertiary/aromatic N) is 1. The van der Waals surface area contributed by atoms with Gasteiger partial charge >= 0.3 is 0 Å². The Kier molecular flexibility index (Phi) is 4.82. The number of hydrogen-bond acceptors (Lipinski definition) is 3. The molecule has 2 aromatic carbocycles. The fraction of sp³-hybridized carbons (Fsp3) is 0.200. The summed E-state index contributed by atoms with van der Waals surface area (Å²) in [7, 11) is -3.44. The molecule has 0 aliphatic carbocycles. The summed E-state index contributed by atoms with van der Waals surface area (Å²) in [5.41, 5.74) is 5.02. The number of quaternary nitrogens is 1. The first-order valence-electron chi connectivity index (χ1n) is 6.58. The van der Waals surface area contributed by atoms with Gasteiger partial charge in [-0.15, -0.1) is 5.69 Å². The van der Waals surface area contributed by atoms with Crippen LogP contribution in [-0.2, 0) is 10.0 Å². The van der Waals surface area contributed by atoms with Crippen molar-refractivity contribution in [3.8, 4) is 11.5 Å². The second-order valence-corrected chi connectivity index (χ2v) is 6.40. The van der Waals surface area contributed by atoms with Crippen LogP contribution in [0.3, 0.4) is 0 Å². The van der Waals surface area contributed by atoms with Crippen LogP contribution < -0.4 is 10.5 Å². The van der Waals surface area contributed by atoms with Crippen molar-refractivity contribution in [2.45, 2.75) is 6.92 Å². The average Bonchev–Trinajstić information content (AvgIpc) is 2.40. The average molecular weight is 306 g/mol. The lowest BCUT2D eigenvalue weighted by Crippen LogP contribution is -2.52. The molecule has 6 heteroatoms. The van der Waals surface area contributed by atoms with E-state index in [-0.39, 0.29) is 5.75 Å². The lowest BCUT2D eigenvalue weighted by Gasteiger charge is -2.20. The van der Waals surface area contributed by atoms with Gasteiger partial charge < -0.3 is 15.2 Å². The Morgan fingerprint density at radius 3 is 2.43 bits per heavy atom. The number of ether oxygens (including phenoxy) is 1. The molecule has 0 aliphatic rings. The van der Waals surface area contributed by atoms with Crippen LogP contribution in [0.25, 0.3) is 4.72 Å². The van der Waals surface area contributed by atoms with Crippen LogP contribution >= 0.6 is 0 Å². The minimum atomic E-state index is -3.44. The molecule has 0 amide bonds. The minimum Gasteiger partial charge on any atom is -0.577 e. The standard InChI is InChI=1S/C15H17N2O3S/c1-12-3-2-4-15(11-12)20-14-7-5-13(6-8-14)17-21(18,19)10-9-16/h2-8,11H,9-10,16H2,1H3/q-1/p+1. The summed E-state index contributed by atoms with van der Waals surface area (Å²) in [5, 5.41) is 0. The summed E-state index contributed by atoms with van der Waals surface area (Å²) < 4.78 is 32.6. The van der Waals surface area contributed by atoms with Crippen LogP contribution in [0, 0.1) is 6.92 Å². The monoisotopic (exact) mass is 306 g/mol. The molecule has 112 valence electrons. The highest BCUT2D eigenvalue weighted by Crippen LogP contribution is 2.28. The molecule has 2 rings (SSSR count). The molecule has 0 heterocycles. The van der Waals surface area contributed by atoms with Gasteiger partial charge in [0.1, 0.15) is 11.5 Å². The maximum Gasteiger partial charge on any atom is 0.127 e. The first-order chi connectivity index (χ1) is 9.98. The maximum atomic E-state index is 11.6. The summed E-state index contributed by atoms with van der Waals surface area (Å²) in [4.78, 5) is 0. The lowest BCUT2D eigenvalue weighted by molar-refractivity contribution is -0.360. The van der Waals surface area contributed by atoms with Crippen LogP contribution in [0.4, 0.5) is 5.69 Å². The normalized spacial score (nSPS) is 11.1. The largest absolute Gasteiger partial charge is 0.577 e. The first kappa shape index (κ1) is 15.3. The Labute approximate surface area is 124 Å². The third kappa shape index (κ3) is 4.77. The third-order valence-corrected chi connectivity index (χ3v) is 4.00. The Morgan fingerprint density at radius 1 is 1.10 bits per heavy atom. The zero-order chi connectivity index (χ0) is 15.3. The van der Waals surface area contributed by atoms with E-state index in [0.717, 1.165) is 11.3 Å². The van der Waals surface area contributed by atoms with E-state index in [1.54, 1.807) is 24.3 Å². The molecule has 0 atom stereocenters. The molecule has 0 fully saturated rings. The summed E-state index contributed by atoms with van der Waals surface area (Å²) in [5.74, 6) is 1.33. The van der Waals surface area contributed by atoms with Gasteiger partial charge in [-0.1, -0.05) is 24.3 Å². The lowest BCUT2D eigenvalue weighted by atomic mass is 10.2. The van der Waals surface area contributed by atoms with Crippen molar-refractivity contribution >= 4 is 15.7 Å². The summed E-state index contributed by atoms with van der Waals surface area (Å²) in [6, 6.07) is 14.3. The van der Waals surface area contributed by atoms with Crippen molar-refractivity contribution in [1.29, 1.82) is 0 Å². The zero-order valence-electron chi connectivity index (χ0n) is 11.8. The highest BCUT2D eigenvalue weighted by atomic mass is 32.2. The van der Waals surface area contributed by atoms with E-state index < -0.39 is 10.0 Å². The molecule has 3 N–H and O–H groups in total. The van der Waals surface area contributed by atoms with E-state index in [9.17, 15) is 8.42 Å². The molecule has 0 unspecified atom stereocenters. The fourth-order valence-corrected chi connectivity index (χ4v) is 2.68. The zero-order valence-corrected chi connectivity index (χ0v) is 12.6. The highest BCUT2D eigenvalue weighted by Gasteiger charge is 2.00. The summed E-state index contributed by atoms with van der Waals surface area (Å²) in [6.07, 6.45) is 0. The van der Waals surface area contributed by atoms with E-state index in [1.807, 2.05) is 31.2 Å². The number of sulfonamides is 1. The third-order valence-electron chi connectivity index (χ3n) is 2.71.